The van der Waals surface area contributed by atoms with E-state index in [2.05, 4.69) is 10.9 Å². The van der Waals surface area contributed by atoms with Crippen LogP contribution < -0.4 is 10.9 Å². The van der Waals surface area contributed by atoms with Crippen molar-refractivity contribution in [1.29, 1.82) is 0 Å². The number of hydrogen-bond acceptors (Lipinski definition) is 3. The molecule has 2 atom stereocenters. The predicted molar refractivity (Wildman–Crippen MR) is 150 cm³/mol. The van der Waals surface area contributed by atoms with E-state index in [9.17, 15) is 14.4 Å². The fourth-order valence-corrected chi connectivity index (χ4v) is 5.75. The summed E-state index contributed by atoms with van der Waals surface area (Å²) >= 11 is 0. The summed E-state index contributed by atoms with van der Waals surface area (Å²) in [7, 11) is 1.97. The van der Waals surface area contributed by atoms with E-state index in [0.29, 0.717) is 5.56 Å². The summed E-state index contributed by atoms with van der Waals surface area (Å²) < 4.78 is 3.93. The monoisotopic (exact) mass is 519 g/mol. The minimum absolute atomic E-state index is 0.0563. The molecule has 0 bridgehead atoms. The largest absolute Gasteiger partial charge is 0.350 e. The molecule has 0 aliphatic carbocycles. The first kappa shape index (κ1) is 24.5. The standard InChI is InChI=1S/C31H29N5O3/c1-19-16-21-10-4-8-14-26(21)35(19)18-28(37)32-33-30(38)20(2)36-29(23-12-5-6-13-24(23)31(36)39)25-17-34(3)27-15-9-7-11-22(25)27/h4-17,20,29H,18H2,1-3H3,(H,32,37)(H,33,38). The Hall–Kier alpha value is -4.85. The van der Waals surface area contributed by atoms with Crippen LogP contribution in [0.3, 0.4) is 0 Å². The molecule has 3 aromatic carbocycles. The fraction of sp³-hybridized carbons (Fsp3) is 0.194. The molecule has 8 heteroatoms. The lowest BCUT2D eigenvalue weighted by Crippen LogP contribution is -2.52. The van der Waals surface area contributed by atoms with Crippen molar-refractivity contribution in [3.05, 3.63) is 107 Å². The van der Waals surface area contributed by atoms with Gasteiger partial charge in [-0.3, -0.25) is 25.2 Å². The second-order valence-electron chi connectivity index (χ2n) is 10.1. The number of para-hydroxylation sites is 2. The number of rotatable bonds is 5. The summed E-state index contributed by atoms with van der Waals surface area (Å²) in [6.45, 7) is 3.69. The molecule has 2 unspecified atom stereocenters. The third-order valence-electron chi connectivity index (χ3n) is 7.66. The SMILES string of the molecule is Cc1cc2ccccc2n1CC(=O)NNC(=O)C(C)N1C(=O)c2ccccc2C1c1cn(C)c2ccccc12. The molecule has 2 N–H and O–H groups in total. The molecule has 0 saturated carbocycles. The van der Waals surface area contributed by atoms with Crippen LogP contribution in [0.15, 0.2) is 85.1 Å². The van der Waals surface area contributed by atoms with E-state index in [-0.39, 0.29) is 18.4 Å². The number of carbonyl (C=O) groups is 3. The van der Waals surface area contributed by atoms with Gasteiger partial charge < -0.3 is 14.0 Å². The van der Waals surface area contributed by atoms with Crippen molar-refractivity contribution in [1.82, 2.24) is 24.9 Å². The van der Waals surface area contributed by atoms with E-state index in [4.69, 9.17) is 0 Å². The first-order valence-electron chi connectivity index (χ1n) is 12.9. The van der Waals surface area contributed by atoms with Crippen molar-refractivity contribution < 1.29 is 14.4 Å². The van der Waals surface area contributed by atoms with E-state index < -0.39 is 18.0 Å². The van der Waals surface area contributed by atoms with Gasteiger partial charge in [-0.2, -0.15) is 0 Å². The van der Waals surface area contributed by atoms with Crippen LogP contribution >= 0.6 is 0 Å². The number of amides is 3. The van der Waals surface area contributed by atoms with E-state index in [0.717, 1.165) is 38.6 Å². The maximum absolute atomic E-state index is 13.6. The Kier molecular flexibility index (Phi) is 5.95. The van der Waals surface area contributed by atoms with Crippen molar-refractivity contribution in [2.45, 2.75) is 32.5 Å². The lowest BCUT2D eigenvalue weighted by molar-refractivity contribution is -0.131. The number of carbonyl (C=O) groups excluding carboxylic acids is 3. The van der Waals surface area contributed by atoms with Gasteiger partial charge in [0.05, 0.1) is 6.04 Å². The average Bonchev–Trinajstić information content (AvgIpc) is 3.55. The van der Waals surface area contributed by atoms with Gasteiger partial charge in [0.15, 0.2) is 0 Å². The summed E-state index contributed by atoms with van der Waals surface area (Å²) in [5.41, 5.74) is 10.4. The van der Waals surface area contributed by atoms with Crippen molar-refractivity contribution in [3.63, 3.8) is 0 Å². The summed E-state index contributed by atoms with van der Waals surface area (Å²) in [5, 5.41) is 2.07. The number of hydrazine groups is 1. The van der Waals surface area contributed by atoms with Crippen molar-refractivity contribution in [3.8, 4) is 0 Å². The maximum atomic E-state index is 13.6. The molecule has 5 aromatic rings. The molecule has 2 aromatic heterocycles. The Morgan fingerprint density at radius 1 is 0.897 bits per heavy atom. The highest BCUT2D eigenvalue weighted by atomic mass is 16.2. The van der Waals surface area contributed by atoms with Gasteiger partial charge in [0.2, 0.25) is 0 Å². The summed E-state index contributed by atoms with van der Waals surface area (Å²) in [4.78, 5) is 41.4. The van der Waals surface area contributed by atoms with Gasteiger partial charge in [-0.1, -0.05) is 54.6 Å². The number of aryl methyl sites for hydroxylation is 2. The second-order valence-corrected chi connectivity index (χ2v) is 10.1. The van der Waals surface area contributed by atoms with Gasteiger partial charge in [0, 0.05) is 46.5 Å². The zero-order valence-electron chi connectivity index (χ0n) is 22.0. The van der Waals surface area contributed by atoms with E-state index in [1.54, 1.807) is 17.9 Å². The Balaban J connectivity index is 1.24. The topological polar surface area (TPSA) is 88.4 Å². The number of nitrogens with one attached hydrogen (secondary N) is 2. The third-order valence-corrected chi connectivity index (χ3v) is 7.66. The molecule has 1 aliphatic heterocycles. The summed E-state index contributed by atoms with van der Waals surface area (Å²) in [6, 6.07) is 24.1. The number of nitrogens with zero attached hydrogens (tertiary/aromatic N) is 3. The minimum Gasteiger partial charge on any atom is -0.350 e. The zero-order valence-corrected chi connectivity index (χ0v) is 22.0. The normalized spacial score (nSPS) is 15.5. The number of aromatic nitrogens is 2. The molecule has 196 valence electrons. The van der Waals surface area contributed by atoms with Crippen molar-refractivity contribution in [2.75, 3.05) is 0 Å². The molecule has 3 heterocycles. The molecule has 0 saturated heterocycles. The summed E-state index contributed by atoms with van der Waals surface area (Å²) in [5.74, 6) is -1.04. The van der Waals surface area contributed by atoms with Gasteiger partial charge in [0.1, 0.15) is 12.6 Å². The van der Waals surface area contributed by atoms with Crippen LogP contribution in [0.25, 0.3) is 21.8 Å². The van der Waals surface area contributed by atoms with Gasteiger partial charge in [-0.05, 0) is 49.1 Å². The molecule has 0 radical (unpaired) electrons. The fourth-order valence-electron chi connectivity index (χ4n) is 5.75. The lowest BCUT2D eigenvalue weighted by Gasteiger charge is -2.30. The van der Waals surface area contributed by atoms with Crippen LogP contribution in [-0.4, -0.2) is 37.8 Å². The third kappa shape index (κ3) is 4.05. The molecule has 8 nitrogen and oxygen atoms in total. The van der Waals surface area contributed by atoms with Crippen molar-refractivity contribution in [2.24, 2.45) is 7.05 Å². The molecule has 3 amide bonds. The first-order valence-corrected chi connectivity index (χ1v) is 12.9. The predicted octanol–water partition coefficient (Wildman–Crippen LogP) is 4.22. The van der Waals surface area contributed by atoms with Crippen LogP contribution in [0.5, 0.6) is 0 Å². The number of fused-ring (bicyclic) bond motifs is 3. The molecule has 0 fully saturated rings. The Morgan fingerprint density at radius 2 is 1.59 bits per heavy atom. The van der Waals surface area contributed by atoms with E-state index in [1.165, 1.54) is 0 Å². The average molecular weight is 520 g/mol. The maximum Gasteiger partial charge on any atom is 0.260 e. The molecular formula is C31H29N5O3. The van der Waals surface area contributed by atoms with E-state index in [1.807, 2.05) is 102 Å². The van der Waals surface area contributed by atoms with Crippen LogP contribution in [0.1, 0.15) is 40.1 Å². The molecule has 1 aliphatic rings. The Labute approximate surface area is 225 Å². The van der Waals surface area contributed by atoms with Gasteiger partial charge in [-0.25, -0.2) is 0 Å². The highest BCUT2D eigenvalue weighted by Gasteiger charge is 2.43. The number of hydrogen-bond donors (Lipinski definition) is 2. The molecular weight excluding hydrogens is 490 g/mol. The molecule has 6 rings (SSSR count). The molecule has 0 spiro atoms. The van der Waals surface area contributed by atoms with Crippen LogP contribution in [0.2, 0.25) is 0 Å². The van der Waals surface area contributed by atoms with Crippen molar-refractivity contribution >= 4 is 39.5 Å². The zero-order chi connectivity index (χ0) is 27.3. The first-order chi connectivity index (χ1) is 18.8. The van der Waals surface area contributed by atoms with Crippen LogP contribution in [0.4, 0.5) is 0 Å². The molecule has 39 heavy (non-hydrogen) atoms. The second kappa shape index (κ2) is 9.47. The quantitative estimate of drug-likeness (QED) is 0.341. The van der Waals surface area contributed by atoms with Gasteiger partial charge in [0.25, 0.3) is 17.7 Å². The highest BCUT2D eigenvalue weighted by Crippen LogP contribution is 2.42. The minimum atomic E-state index is -0.844. The van der Waals surface area contributed by atoms with Crippen LogP contribution in [-0.2, 0) is 23.2 Å². The van der Waals surface area contributed by atoms with E-state index >= 15 is 0 Å². The van der Waals surface area contributed by atoms with Crippen LogP contribution in [0, 0.1) is 6.92 Å². The number of benzene rings is 3. The Bertz CT molecular complexity index is 1760. The smallest absolute Gasteiger partial charge is 0.260 e. The summed E-state index contributed by atoms with van der Waals surface area (Å²) in [6.07, 6.45) is 2.02. The highest BCUT2D eigenvalue weighted by molar-refractivity contribution is 6.03. The van der Waals surface area contributed by atoms with Gasteiger partial charge >= 0.3 is 0 Å². The van der Waals surface area contributed by atoms with Gasteiger partial charge in [-0.15, -0.1) is 0 Å². The lowest BCUT2D eigenvalue weighted by atomic mass is 9.97. The Morgan fingerprint density at radius 3 is 2.41 bits per heavy atom.